The Kier molecular flexibility index (Phi) is 5.29. The Bertz CT molecular complexity index is 1070. The first-order valence-corrected chi connectivity index (χ1v) is 9.49. The van der Waals surface area contributed by atoms with Crippen molar-refractivity contribution in [3.8, 4) is 11.1 Å². The number of fused-ring (bicyclic) bond motifs is 1. The number of piperazine rings is 1. The summed E-state index contributed by atoms with van der Waals surface area (Å²) >= 11 is 0. The minimum absolute atomic E-state index is 0.131. The summed E-state index contributed by atoms with van der Waals surface area (Å²) in [4.78, 5) is 40.3. The fourth-order valence-electron chi connectivity index (χ4n) is 3.44. The highest BCUT2D eigenvalue weighted by Gasteiger charge is 2.22. The minimum atomic E-state index is -0.133. The Morgan fingerprint density at radius 1 is 1.00 bits per heavy atom. The van der Waals surface area contributed by atoms with Crippen LogP contribution in [0.1, 0.15) is 6.92 Å². The predicted octanol–water partition coefficient (Wildman–Crippen LogP) is 2.49. The van der Waals surface area contributed by atoms with E-state index in [0.29, 0.717) is 26.2 Å². The number of ketones is 1. The number of anilines is 1. The van der Waals surface area contributed by atoms with E-state index in [2.05, 4.69) is 25.9 Å². The third-order valence-electron chi connectivity index (χ3n) is 4.96. The zero-order valence-electron chi connectivity index (χ0n) is 16.2. The molecule has 0 aliphatic carbocycles. The maximum absolute atomic E-state index is 12.2. The molecule has 1 saturated heterocycles. The molecular formula is C22H21N5O2. The Morgan fingerprint density at radius 3 is 2.55 bits per heavy atom. The maximum Gasteiger partial charge on any atom is 0.246 e. The van der Waals surface area contributed by atoms with E-state index >= 15 is 0 Å². The van der Waals surface area contributed by atoms with Crippen molar-refractivity contribution in [2.24, 2.45) is 0 Å². The molecule has 0 spiro atoms. The van der Waals surface area contributed by atoms with Crippen LogP contribution in [0.5, 0.6) is 0 Å². The number of allylic oxidation sites excluding steroid dienone is 1. The van der Waals surface area contributed by atoms with Gasteiger partial charge in [0.05, 0.1) is 5.52 Å². The summed E-state index contributed by atoms with van der Waals surface area (Å²) in [6.07, 6.45) is 7.83. The van der Waals surface area contributed by atoms with E-state index in [1.807, 2.05) is 30.5 Å². The van der Waals surface area contributed by atoms with Crippen LogP contribution in [0.25, 0.3) is 22.0 Å². The molecule has 4 rings (SSSR count). The van der Waals surface area contributed by atoms with Crippen molar-refractivity contribution in [2.45, 2.75) is 6.92 Å². The standard InChI is InChI=1S/C22H21N5O2/c1-16(28)4-7-21(29)26-9-11-27(12-10-26)22-19-13-17(18-3-2-8-23-14-18)5-6-20(19)24-15-25-22/h2-8,13-15H,9-12H2,1H3. The molecule has 0 unspecified atom stereocenters. The van der Waals surface area contributed by atoms with Crippen LogP contribution in [0, 0.1) is 0 Å². The van der Waals surface area contributed by atoms with Crippen LogP contribution in [0.4, 0.5) is 5.82 Å². The lowest BCUT2D eigenvalue weighted by atomic mass is 10.0. The smallest absolute Gasteiger partial charge is 0.246 e. The fourth-order valence-corrected chi connectivity index (χ4v) is 3.44. The van der Waals surface area contributed by atoms with Gasteiger partial charge in [-0.25, -0.2) is 9.97 Å². The molecule has 7 nitrogen and oxygen atoms in total. The zero-order chi connectivity index (χ0) is 20.2. The Balaban J connectivity index is 1.57. The molecule has 3 aromatic rings. The van der Waals surface area contributed by atoms with Crippen LogP contribution in [-0.2, 0) is 9.59 Å². The maximum atomic E-state index is 12.2. The summed E-state index contributed by atoms with van der Waals surface area (Å²) in [5, 5.41) is 0.977. The number of nitrogens with zero attached hydrogens (tertiary/aromatic N) is 5. The number of hydrogen-bond donors (Lipinski definition) is 0. The molecule has 2 aromatic heterocycles. The van der Waals surface area contributed by atoms with Crippen LogP contribution in [0.2, 0.25) is 0 Å². The molecule has 0 saturated carbocycles. The SMILES string of the molecule is CC(=O)C=CC(=O)N1CCN(c2ncnc3ccc(-c4cccnc4)cc23)CC1. The lowest BCUT2D eigenvalue weighted by Crippen LogP contribution is -2.48. The highest BCUT2D eigenvalue weighted by molar-refractivity contribution is 5.97. The van der Waals surface area contributed by atoms with Crippen molar-refractivity contribution in [1.82, 2.24) is 19.9 Å². The molecule has 0 radical (unpaired) electrons. The van der Waals surface area contributed by atoms with Gasteiger partial charge in [-0.3, -0.25) is 14.6 Å². The van der Waals surface area contributed by atoms with Crippen molar-refractivity contribution in [2.75, 3.05) is 31.1 Å². The average Bonchev–Trinajstić information content (AvgIpc) is 2.77. The van der Waals surface area contributed by atoms with E-state index in [0.717, 1.165) is 27.8 Å². The summed E-state index contributed by atoms with van der Waals surface area (Å²) in [6.45, 7) is 3.93. The topological polar surface area (TPSA) is 79.3 Å². The molecule has 7 heteroatoms. The van der Waals surface area contributed by atoms with Gasteiger partial charge >= 0.3 is 0 Å². The predicted molar refractivity (Wildman–Crippen MR) is 111 cm³/mol. The van der Waals surface area contributed by atoms with Crippen molar-refractivity contribution in [3.05, 3.63) is 61.2 Å². The minimum Gasteiger partial charge on any atom is -0.352 e. The number of hydrogen-bond acceptors (Lipinski definition) is 6. The molecule has 0 atom stereocenters. The second-order valence-electron chi connectivity index (χ2n) is 6.93. The van der Waals surface area contributed by atoms with Crippen molar-refractivity contribution < 1.29 is 9.59 Å². The number of rotatable bonds is 4. The number of benzene rings is 1. The van der Waals surface area contributed by atoms with Crippen LogP contribution in [-0.4, -0.2) is 57.7 Å². The Morgan fingerprint density at radius 2 is 1.83 bits per heavy atom. The fraction of sp³-hybridized carbons (Fsp3) is 0.227. The Labute approximate surface area is 168 Å². The first-order valence-electron chi connectivity index (χ1n) is 9.49. The van der Waals surface area contributed by atoms with Gasteiger partial charge in [0.2, 0.25) is 5.91 Å². The summed E-state index contributed by atoms with van der Waals surface area (Å²) < 4.78 is 0. The molecule has 0 bridgehead atoms. The highest BCUT2D eigenvalue weighted by atomic mass is 16.2. The normalized spacial score (nSPS) is 14.5. The molecule has 1 aromatic carbocycles. The van der Waals surface area contributed by atoms with Gasteiger partial charge in [-0.15, -0.1) is 0 Å². The van der Waals surface area contributed by atoms with Crippen molar-refractivity contribution >= 4 is 28.4 Å². The number of aromatic nitrogens is 3. The largest absolute Gasteiger partial charge is 0.352 e. The van der Waals surface area contributed by atoms with Gasteiger partial charge in [-0.2, -0.15) is 0 Å². The van der Waals surface area contributed by atoms with Gasteiger partial charge in [0.1, 0.15) is 12.1 Å². The van der Waals surface area contributed by atoms with Crippen molar-refractivity contribution in [3.63, 3.8) is 0 Å². The van der Waals surface area contributed by atoms with Gasteiger partial charge in [0.15, 0.2) is 5.78 Å². The van der Waals surface area contributed by atoms with E-state index in [9.17, 15) is 9.59 Å². The quantitative estimate of drug-likeness (QED) is 0.640. The lowest BCUT2D eigenvalue weighted by molar-refractivity contribution is -0.126. The molecule has 1 fully saturated rings. The molecule has 3 heterocycles. The molecule has 1 aliphatic rings. The van der Waals surface area contributed by atoms with Gasteiger partial charge in [-0.1, -0.05) is 12.1 Å². The number of carbonyl (C=O) groups is 2. The van der Waals surface area contributed by atoms with E-state index < -0.39 is 0 Å². The second kappa shape index (κ2) is 8.18. The van der Waals surface area contributed by atoms with E-state index in [1.54, 1.807) is 17.4 Å². The molecule has 29 heavy (non-hydrogen) atoms. The number of pyridine rings is 1. The van der Waals surface area contributed by atoms with Gasteiger partial charge < -0.3 is 9.80 Å². The zero-order valence-corrected chi connectivity index (χ0v) is 16.2. The van der Waals surface area contributed by atoms with E-state index in [4.69, 9.17) is 0 Å². The monoisotopic (exact) mass is 387 g/mol. The second-order valence-corrected chi connectivity index (χ2v) is 6.93. The van der Waals surface area contributed by atoms with Crippen molar-refractivity contribution in [1.29, 1.82) is 0 Å². The van der Waals surface area contributed by atoms with Gasteiger partial charge in [0.25, 0.3) is 0 Å². The van der Waals surface area contributed by atoms with Crippen LogP contribution in [0.3, 0.4) is 0 Å². The van der Waals surface area contributed by atoms with Gasteiger partial charge in [-0.05, 0) is 36.8 Å². The number of amides is 1. The summed E-state index contributed by atoms with van der Waals surface area (Å²) in [6, 6.07) is 10.1. The van der Waals surface area contributed by atoms with Crippen LogP contribution >= 0.6 is 0 Å². The van der Waals surface area contributed by atoms with E-state index in [-0.39, 0.29) is 11.7 Å². The molecule has 0 N–H and O–H groups in total. The molecule has 146 valence electrons. The molecule has 1 aliphatic heterocycles. The molecular weight excluding hydrogens is 366 g/mol. The first-order chi connectivity index (χ1) is 14.1. The number of carbonyl (C=O) groups excluding carboxylic acids is 2. The van der Waals surface area contributed by atoms with E-state index in [1.165, 1.54) is 19.1 Å². The van der Waals surface area contributed by atoms with Gasteiger partial charge in [0, 0.05) is 55.6 Å². The first kappa shape index (κ1) is 18.7. The molecule has 1 amide bonds. The highest BCUT2D eigenvalue weighted by Crippen LogP contribution is 2.29. The summed E-state index contributed by atoms with van der Waals surface area (Å²) in [5.41, 5.74) is 2.98. The third kappa shape index (κ3) is 4.13. The third-order valence-corrected chi connectivity index (χ3v) is 4.96. The van der Waals surface area contributed by atoms with Crippen LogP contribution < -0.4 is 4.90 Å². The summed E-state index contributed by atoms with van der Waals surface area (Å²) in [5.74, 6) is 0.604. The lowest BCUT2D eigenvalue weighted by Gasteiger charge is -2.35. The Hall–Kier alpha value is -3.61. The summed E-state index contributed by atoms with van der Waals surface area (Å²) in [7, 11) is 0. The average molecular weight is 387 g/mol. The van der Waals surface area contributed by atoms with Crippen LogP contribution in [0.15, 0.2) is 61.2 Å².